The van der Waals surface area contributed by atoms with Gasteiger partial charge in [-0.05, 0) is 26.2 Å². The Morgan fingerprint density at radius 2 is 1.63 bits per heavy atom. The van der Waals surface area contributed by atoms with E-state index in [4.69, 9.17) is 9.47 Å². The molecule has 0 aliphatic heterocycles. The van der Waals surface area contributed by atoms with Crippen molar-refractivity contribution in [3.63, 3.8) is 0 Å². The lowest BCUT2D eigenvalue weighted by Gasteiger charge is -2.25. The maximum absolute atomic E-state index is 12.2. The summed E-state index contributed by atoms with van der Waals surface area (Å²) in [6.45, 7) is 11.4. The molecule has 0 spiro atoms. The van der Waals surface area contributed by atoms with E-state index in [0.29, 0.717) is 0 Å². The summed E-state index contributed by atoms with van der Waals surface area (Å²) in [5, 5.41) is 0. The molecule has 0 amide bonds. The molecule has 0 saturated carbocycles. The fourth-order valence-electron chi connectivity index (χ4n) is 1.56. The summed E-state index contributed by atoms with van der Waals surface area (Å²) in [4.78, 5) is 24.3. The Bertz CT molecular complexity index is 324. The van der Waals surface area contributed by atoms with Crippen LogP contribution in [0.15, 0.2) is 24.8 Å². The number of hydrogen-bond donors (Lipinski definition) is 0. The molecule has 108 valence electrons. The van der Waals surface area contributed by atoms with Gasteiger partial charge in [-0.2, -0.15) is 0 Å². The molecule has 0 fully saturated rings. The van der Waals surface area contributed by atoms with E-state index >= 15 is 0 Å². The largest absolute Gasteiger partial charge is 0.465 e. The molecule has 0 bridgehead atoms. The van der Waals surface area contributed by atoms with Gasteiger partial charge in [0.15, 0.2) is 5.41 Å². The standard InChI is InChI=1S/C15H24O4/c1-6-10-15(11-9-12(4)5,13(16)18-7-2)14(17)19-8-3/h6,9,11-12H,1,7-8,10H2,2-5H3/b11-9+. The predicted molar refractivity (Wildman–Crippen MR) is 74.5 cm³/mol. The van der Waals surface area contributed by atoms with Gasteiger partial charge in [-0.1, -0.05) is 32.1 Å². The van der Waals surface area contributed by atoms with Crippen molar-refractivity contribution in [2.75, 3.05) is 13.2 Å². The molecule has 0 aromatic rings. The van der Waals surface area contributed by atoms with Crippen molar-refractivity contribution >= 4 is 11.9 Å². The van der Waals surface area contributed by atoms with Crippen molar-refractivity contribution in [3.05, 3.63) is 24.8 Å². The molecule has 0 rings (SSSR count). The maximum Gasteiger partial charge on any atom is 0.327 e. The second-order valence-corrected chi connectivity index (χ2v) is 4.51. The van der Waals surface area contributed by atoms with Crippen molar-refractivity contribution in [3.8, 4) is 0 Å². The number of carbonyl (C=O) groups is 2. The van der Waals surface area contributed by atoms with Gasteiger partial charge in [0, 0.05) is 0 Å². The summed E-state index contributed by atoms with van der Waals surface area (Å²) < 4.78 is 10.0. The van der Waals surface area contributed by atoms with E-state index in [-0.39, 0.29) is 25.6 Å². The van der Waals surface area contributed by atoms with Crippen molar-refractivity contribution in [2.45, 2.75) is 34.1 Å². The Balaban J connectivity index is 5.51. The van der Waals surface area contributed by atoms with Crippen LogP contribution >= 0.6 is 0 Å². The average Bonchev–Trinajstić information content (AvgIpc) is 2.34. The molecule has 0 radical (unpaired) electrons. The topological polar surface area (TPSA) is 52.6 Å². The average molecular weight is 268 g/mol. The lowest BCUT2D eigenvalue weighted by Crippen LogP contribution is -2.40. The number of esters is 2. The third-order valence-corrected chi connectivity index (χ3v) is 2.51. The van der Waals surface area contributed by atoms with Gasteiger partial charge in [-0.3, -0.25) is 9.59 Å². The van der Waals surface area contributed by atoms with Crippen molar-refractivity contribution in [2.24, 2.45) is 11.3 Å². The Labute approximate surface area is 115 Å². The van der Waals surface area contributed by atoms with E-state index in [9.17, 15) is 9.59 Å². The first kappa shape index (κ1) is 17.4. The highest BCUT2D eigenvalue weighted by molar-refractivity contribution is 6.02. The zero-order chi connectivity index (χ0) is 14.9. The number of carbonyl (C=O) groups excluding carboxylic acids is 2. The van der Waals surface area contributed by atoms with Crippen LogP contribution in [0.2, 0.25) is 0 Å². The SMILES string of the molecule is C=CCC(/C=C/C(C)C)(C(=O)OCC)C(=O)OCC. The fourth-order valence-corrected chi connectivity index (χ4v) is 1.56. The molecule has 19 heavy (non-hydrogen) atoms. The second-order valence-electron chi connectivity index (χ2n) is 4.51. The normalized spacial score (nSPS) is 11.6. The van der Waals surface area contributed by atoms with Crippen LogP contribution in [0.25, 0.3) is 0 Å². The van der Waals surface area contributed by atoms with Crippen LogP contribution in [0.1, 0.15) is 34.1 Å². The van der Waals surface area contributed by atoms with Crippen LogP contribution < -0.4 is 0 Å². The first-order chi connectivity index (χ1) is 8.94. The lowest BCUT2D eigenvalue weighted by atomic mass is 9.83. The van der Waals surface area contributed by atoms with Gasteiger partial charge in [0.1, 0.15) is 0 Å². The first-order valence-corrected chi connectivity index (χ1v) is 6.59. The van der Waals surface area contributed by atoms with Gasteiger partial charge in [0.2, 0.25) is 0 Å². The quantitative estimate of drug-likeness (QED) is 0.386. The molecule has 0 aliphatic carbocycles. The Morgan fingerprint density at radius 3 is 1.95 bits per heavy atom. The molecular weight excluding hydrogens is 244 g/mol. The molecule has 0 heterocycles. The van der Waals surface area contributed by atoms with Crippen LogP contribution in [-0.4, -0.2) is 25.2 Å². The minimum atomic E-state index is -1.42. The third-order valence-electron chi connectivity index (χ3n) is 2.51. The minimum Gasteiger partial charge on any atom is -0.465 e. The van der Waals surface area contributed by atoms with Gasteiger partial charge >= 0.3 is 11.9 Å². The Morgan fingerprint density at radius 1 is 1.16 bits per heavy atom. The molecule has 0 N–H and O–H groups in total. The van der Waals surface area contributed by atoms with E-state index in [0.717, 1.165) is 0 Å². The van der Waals surface area contributed by atoms with Gasteiger partial charge < -0.3 is 9.47 Å². The molecule has 0 atom stereocenters. The zero-order valence-corrected chi connectivity index (χ0v) is 12.3. The number of rotatable bonds is 8. The molecular formula is C15H24O4. The predicted octanol–water partition coefficient (Wildman–Crippen LogP) is 2.89. The van der Waals surface area contributed by atoms with Gasteiger partial charge in [0.05, 0.1) is 13.2 Å². The van der Waals surface area contributed by atoms with Crippen LogP contribution in [0.5, 0.6) is 0 Å². The summed E-state index contributed by atoms with van der Waals surface area (Å²) in [7, 11) is 0. The summed E-state index contributed by atoms with van der Waals surface area (Å²) in [5.74, 6) is -0.969. The van der Waals surface area contributed by atoms with Crippen LogP contribution in [0.3, 0.4) is 0 Å². The molecule has 0 saturated heterocycles. The summed E-state index contributed by atoms with van der Waals surface area (Å²) in [5.41, 5.74) is -1.42. The van der Waals surface area contributed by atoms with E-state index in [2.05, 4.69) is 6.58 Å². The highest BCUT2D eigenvalue weighted by atomic mass is 16.6. The van der Waals surface area contributed by atoms with E-state index < -0.39 is 17.4 Å². The third kappa shape index (κ3) is 4.89. The summed E-state index contributed by atoms with van der Waals surface area (Å²) in [6.07, 6.45) is 5.07. The van der Waals surface area contributed by atoms with Crippen LogP contribution in [0.4, 0.5) is 0 Å². The van der Waals surface area contributed by atoms with Crippen molar-refractivity contribution in [1.29, 1.82) is 0 Å². The van der Waals surface area contributed by atoms with Crippen molar-refractivity contribution in [1.82, 2.24) is 0 Å². The monoisotopic (exact) mass is 268 g/mol. The van der Waals surface area contributed by atoms with Gasteiger partial charge in [-0.15, -0.1) is 6.58 Å². The lowest BCUT2D eigenvalue weighted by molar-refractivity contribution is -0.167. The number of hydrogen-bond acceptors (Lipinski definition) is 4. The molecule has 0 unspecified atom stereocenters. The molecule has 4 heteroatoms. The molecule has 0 aliphatic rings. The highest BCUT2D eigenvalue weighted by Crippen LogP contribution is 2.29. The van der Waals surface area contributed by atoms with Gasteiger partial charge in [-0.25, -0.2) is 0 Å². The molecule has 0 aromatic heterocycles. The second kappa shape index (κ2) is 8.51. The summed E-state index contributed by atoms with van der Waals surface area (Å²) in [6, 6.07) is 0. The van der Waals surface area contributed by atoms with Crippen LogP contribution in [-0.2, 0) is 19.1 Å². The minimum absolute atomic E-state index is 0.161. The maximum atomic E-state index is 12.2. The van der Waals surface area contributed by atoms with Gasteiger partial charge in [0.25, 0.3) is 0 Å². The Hall–Kier alpha value is -1.58. The number of ether oxygens (including phenoxy) is 2. The highest BCUT2D eigenvalue weighted by Gasteiger charge is 2.45. The molecule has 0 aromatic carbocycles. The number of allylic oxidation sites excluding steroid dienone is 2. The van der Waals surface area contributed by atoms with Crippen LogP contribution in [0, 0.1) is 11.3 Å². The molecule has 4 nitrogen and oxygen atoms in total. The van der Waals surface area contributed by atoms with E-state index in [1.807, 2.05) is 13.8 Å². The van der Waals surface area contributed by atoms with E-state index in [1.165, 1.54) is 6.08 Å². The smallest absolute Gasteiger partial charge is 0.327 e. The Kier molecular flexibility index (Phi) is 7.80. The summed E-state index contributed by atoms with van der Waals surface area (Å²) >= 11 is 0. The van der Waals surface area contributed by atoms with Crippen molar-refractivity contribution < 1.29 is 19.1 Å². The fraction of sp³-hybridized carbons (Fsp3) is 0.600. The van der Waals surface area contributed by atoms with E-state index in [1.54, 1.807) is 26.0 Å². The first-order valence-electron chi connectivity index (χ1n) is 6.59. The zero-order valence-electron chi connectivity index (χ0n) is 12.3.